The molecule has 0 spiro atoms. The third-order valence-corrected chi connectivity index (χ3v) is 2.60. The quantitative estimate of drug-likeness (QED) is 0.469. The number of aliphatic imine (C=N–C) groups is 1. The van der Waals surface area contributed by atoms with Crippen LogP contribution >= 0.6 is 0 Å². The summed E-state index contributed by atoms with van der Waals surface area (Å²) in [5.41, 5.74) is 2.75. The molecule has 4 heteroatoms. The molecule has 94 valence electrons. The Morgan fingerprint density at radius 3 is 2.11 bits per heavy atom. The third-order valence-electron chi connectivity index (χ3n) is 2.60. The van der Waals surface area contributed by atoms with E-state index in [0.29, 0.717) is 0 Å². The predicted octanol–water partition coefficient (Wildman–Crippen LogP) is 3.99. The van der Waals surface area contributed by atoms with E-state index >= 15 is 0 Å². The highest BCUT2D eigenvalue weighted by Gasteiger charge is 2.02. The van der Waals surface area contributed by atoms with Crippen molar-refractivity contribution in [1.29, 1.82) is 0 Å². The van der Waals surface area contributed by atoms with Gasteiger partial charge in [0.05, 0.1) is 10.6 Å². The van der Waals surface area contributed by atoms with Gasteiger partial charge in [0, 0.05) is 18.3 Å². The van der Waals surface area contributed by atoms with E-state index < -0.39 is 4.92 Å². The Labute approximate surface area is 110 Å². The summed E-state index contributed by atoms with van der Waals surface area (Å²) >= 11 is 0. The van der Waals surface area contributed by atoms with Gasteiger partial charge < -0.3 is 0 Å². The molecule has 0 bridgehead atoms. The molecular formula is C15H12N2O2. The molecule has 2 aromatic rings. The normalized spacial score (nSPS) is 10.5. The first kappa shape index (κ1) is 12.7. The van der Waals surface area contributed by atoms with E-state index in [1.54, 1.807) is 24.4 Å². The van der Waals surface area contributed by atoms with Crippen LogP contribution in [0.1, 0.15) is 11.1 Å². The Bertz CT molecular complexity index is 614. The highest BCUT2D eigenvalue weighted by Crippen LogP contribution is 2.15. The van der Waals surface area contributed by atoms with Gasteiger partial charge in [0.15, 0.2) is 0 Å². The summed E-state index contributed by atoms with van der Waals surface area (Å²) in [7, 11) is 0. The SMILES string of the molecule is C=Cc1ccc(N=Cc2ccc([N+](=O)[O-])cc2)cc1. The number of rotatable bonds is 4. The summed E-state index contributed by atoms with van der Waals surface area (Å²) in [6.45, 7) is 3.68. The van der Waals surface area contributed by atoms with Crippen molar-refractivity contribution in [2.24, 2.45) is 4.99 Å². The van der Waals surface area contributed by atoms with E-state index in [-0.39, 0.29) is 5.69 Å². The minimum Gasteiger partial charge on any atom is -0.258 e. The number of hydrogen-bond acceptors (Lipinski definition) is 3. The zero-order chi connectivity index (χ0) is 13.7. The van der Waals surface area contributed by atoms with Gasteiger partial charge in [-0.2, -0.15) is 0 Å². The van der Waals surface area contributed by atoms with Gasteiger partial charge >= 0.3 is 0 Å². The highest BCUT2D eigenvalue weighted by molar-refractivity contribution is 5.82. The van der Waals surface area contributed by atoms with Crippen LogP contribution < -0.4 is 0 Å². The maximum Gasteiger partial charge on any atom is 0.269 e. The van der Waals surface area contributed by atoms with E-state index in [0.717, 1.165) is 16.8 Å². The molecule has 2 aromatic carbocycles. The molecule has 0 fully saturated rings. The molecule has 2 rings (SSSR count). The van der Waals surface area contributed by atoms with Crippen LogP contribution in [0.25, 0.3) is 6.08 Å². The van der Waals surface area contributed by atoms with Crippen LogP contribution in [-0.4, -0.2) is 11.1 Å². The van der Waals surface area contributed by atoms with Crippen molar-refractivity contribution in [3.63, 3.8) is 0 Å². The molecule has 0 N–H and O–H groups in total. The lowest BCUT2D eigenvalue weighted by atomic mass is 10.2. The van der Waals surface area contributed by atoms with Crippen LogP contribution in [0.3, 0.4) is 0 Å². The Balaban J connectivity index is 2.12. The minimum absolute atomic E-state index is 0.0764. The van der Waals surface area contributed by atoms with Gasteiger partial charge in [-0.15, -0.1) is 0 Å². The van der Waals surface area contributed by atoms with Crippen LogP contribution in [0.5, 0.6) is 0 Å². The van der Waals surface area contributed by atoms with Crippen LogP contribution in [0.15, 0.2) is 60.1 Å². The van der Waals surface area contributed by atoms with Gasteiger partial charge in [0.2, 0.25) is 0 Å². The van der Waals surface area contributed by atoms with Crippen LogP contribution in [0.2, 0.25) is 0 Å². The second-order valence-corrected chi connectivity index (χ2v) is 3.90. The van der Waals surface area contributed by atoms with Crippen molar-refractivity contribution in [2.75, 3.05) is 0 Å². The second-order valence-electron chi connectivity index (χ2n) is 3.90. The fraction of sp³-hybridized carbons (Fsp3) is 0. The topological polar surface area (TPSA) is 55.5 Å². The lowest BCUT2D eigenvalue weighted by Gasteiger charge is -1.96. The van der Waals surface area contributed by atoms with E-state index in [1.165, 1.54) is 12.1 Å². The van der Waals surface area contributed by atoms with E-state index in [9.17, 15) is 10.1 Å². The number of nitrogens with zero attached hydrogens (tertiary/aromatic N) is 2. The first-order valence-electron chi connectivity index (χ1n) is 5.70. The molecule has 0 aliphatic heterocycles. The maximum absolute atomic E-state index is 10.5. The number of benzene rings is 2. The summed E-state index contributed by atoms with van der Waals surface area (Å²) < 4.78 is 0. The second kappa shape index (κ2) is 5.73. The Kier molecular flexibility index (Phi) is 3.83. The average molecular weight is 252 g/mol. The molecule has 0 heterocycles. The molecule has 0 atom stereocenters. The minimum atomic E-state index is -0.422. The fourth-order valence-corrected chi connectivity index (χ4v) is 1.53. The van der Waals surface area contributed by atoms with Crippen molar-refractivity contribution < 1.29 is 4.92 Å². The van der Waals surface area contributed by atoms with Gasteiger partial charge in [-0.1, -0.05) is 24.8 Å². The molecule has 0 unspecified atom stereocenters. The van der Waals surface area contributed by atoms with E-state index in [1.807, 2.05) is 24.3 Å². The lowest BCUT2D eigenvalue weighted by Crippen LogP contribution is -1.88. The molecule has 0 saturated carbocycles. The Morgan fingerprint density at radius 1 is 1.00 bits per heavy atom. The number of nitro groups is 1. The Morgan fingerprint density at radius 2 is 1.58 bits per heavy atom. The van der Waals surface area contributed by atoms with Crippen molar-refractivity contribution in [3.8, 4) is 0 Å². The molecular weight excluding hydrogens is 240 g/mol. The van der Waals surface area contributed by atoms with Gasteiger partial charge in [-0.05, 0) is 35.4 Å². The molecule has 0 amide bonds. The summed E-state index contributed by atoms with van der Waals surface area (Å²) in [4.78, 5) is 14.4. The zero-order valence-corrected chi connectivity index (χ0v) is 10.2. The van der Waals surface area contributed by atoms with Gasteiger partial charge in [0.1, 0.15) is 0 Å². The summed E-state index contributed by atoms with van der Waals surface area (Å²) in [5, 5.41) is 10.5. The summed E-state index contributed by atoms with van der Waals surface area (Å²) in [5.74, 6) is 0. The van der Waals surface area contributed by atoms with Crippen LogP contribution in [0, 0.1) is 10.1 Å². The molecule has 0 radical (unpaired) electrons. The first-order chi connectivity index (χ1) is 9.19. The molecule has 0 aromatic heterocycles. The monoisotopic (exact) mass is 252 g/mol. The lowest BCUT2D eigenvalue weighted by molar-refractivity contribution is -0.384. The standard InChI is InChI=1S/C15H12N2O2/c1-2-12-3-7-14(8-4-12)16-11-13-5-9-15(10-6-13)17(18)19/h2-11H,1H2. The summed E-state index contributed by atoms with van der Waals surface area (Å²) in [6.07, 6.45) is 3.44. The highest BCUT2D eigenvalue weighted by atomic mass is 16.6. The zero-order valence-electron chi connectivity index (χ0n) is 10.2. The number of nitro benzene ring substituents is 1. The predicted molar refractivity (Wildman–Crippen MR) is 76.9 cm³/mol. The van der Waals surface area contributed by atoms with Crippen molar-refractivity contribution in [3.05, 3.63) is 76.4 Å². The van der Waals surface area contributed by atoms with Gasteiger partial charge in [0.25, 0.3) is 5.69 Å². The summed E-state index contributed by atoms with van der Waals surface area (Å²) in [6, 6.07) is 13.9. The molecule has 0 saturated heterocycles. The van der Waals surface area contributed by atoms with Crippen molar-refractivity contribution in [2.45, 2.75) is 0 Å². The molecule has 19 heavy (non-hydrogen) atoms. The first-order valence-corrected chi connectivity index (χ1v) is 5.70. The molecule has 0 aliphatic carbocycles. The number of hydrogen-bond donors (Lipinski definition) is 0. The fourth-order valence-electron chi connectivity index (χ4n) is 1.53. The Hall–Kier alpha value is -2.75. The van der Waals surface area contributed by atoms with E-state index in [4.69, 9.17) is 0 Å². The molecule has 0 aliphatic rings. The molecule has 4 nitrogen and oxygen atoms in total. The average Bonchev–Trinajstić information content (AvgIpc) is 2.46. The van der Waals surface area contributed by atoms with Crippen molar-refractivity contribution >= 4 is 23.7 Å². The van der Waals surface area contributed by atoms with Crippen LogP contribution in [-0.2, 0) is 0 Å². The third kappa shape index (κ3) is 3.35. The smallest absolute Gasteiger partial charge is 0.258 e. The van der Waals surface area contributed by atoms with E-state index in [2.05, 4.69) is 11.6 Å². The van der Waals surface area contributed by atoms with Crippen LogP contribution in [0.4, 0.5) is 11.4 Å². The number of non-ortho nitro benzene ring substituents is 1. The maximum atomic E-state index is 10.5. The largest absolute Gasteiger partial charge is 0.269 e. The van der Waals surface area contributed by atoms with Crippen molar-refractivity contribution in [1.82, 2.24) is 0 Å². The van der Waals surface area contributed by atoms with Gasteiger partial charge in [-0.25, -0.2) is 0 Å². The van der Waals surface area contributed by atoms with Gasteiger partial charge in [-0.3, -0.25) is 15.1 Å².